The Morgan fingerprint density at radius 2 is 1.73 bits per heavy atom. The van der Waals surface area contributed by atoms with Gasteiger partial charge in [-0.05, 0) is 55.8 Å². The molecule has 0 saturated heterocycles. The number of hydrogen-bond acceptors (Lipinski definition) is 10. The molecule has 0 fully saturated rings. The number of fused-ring (bicyclic) bond motifs is 1. The first-order valence-corrected chi connectivity index (χ1v) is 12.8. The molecule has 0 aliphatic heterocycles. The number of hydrogen-bond donors (Lipinski definition) is 3. The van der Waals surface area contributed by atoms with E-state index in [-0.39, 0.29) is 26.4 Å². The lowest BCUT2D eigenvalue weighted by Crippen LogP contribution is -2.05. The molecule has 0 spiro atoms. The molecule has 12 nitrogen and oxygen atoms in total. The first-order chi connectivity index (χ1) is 15.3. The van der Waals surface area contributed by atoms with E-state index in [0.717, 1.165) is 11.3 Å². The number of anilines is 1. The number of aryl methyl sites for hydroxylation is 2. The van der Waals surface area contributed by atoms with Crippen LogP contribution in [0.5, 0.6) is 0 Å². The van der Waals surface area contributed by atoms with E-state index >= 15 is 0 Å². The van der Waals surface area contributed by atoms with Gasteiger partial charge in [0.25, 0.3) is 20.2 Å². The molecular weight excluding hydrogens is 492 g/mol. The van der Waals surface area contributed by atoms with E-state index in [1.807, 2.05) is 0 Å². The minimum atomic E-state index is -4.35. The Labute approximate surface area is 191 Å². The number of thiazole rings is 1. The highest BCUT2D eigenvalue weighted by atomic mass is 32.2. The van der Waals surface area contributed by atoms with E-state index in [0.29, 0.717) is 27.2 Å². The molecule has 4 aromatic rings. The zero-order valence-electron chi connectivity index (χ0n) is 17.0. The first kappa shape index (κ1) is 22.9. The largest absolute Gasteiger partial charge is 0.382 e. The maximum atomic E-state index is 11.4. The predicted octanol–water partition coefficient (Wildman–Crippen LogP) is 3.59. The molecule has 0 radical (unpaired) electrons. The number of azo groups is 1. The zero-order chi connectivity index (χ0) is 24.1. The summed E-state index contributed by atoms with van der Waals surface area (Å²) in [6, 6.07) is 8.18. The van der Waals surface area contributed by atoms with E-state index in [1.54, 1.807) is 6.92 Å². The third kappa shape index (κ3) is 4.49. The monoisotopic (exact) mass is 508 g/mol. The van der Waals surface area contributed by atoms with Crippen LogP contribution in [0.15, 0.2) is 56.4 Å². The van der Waals surface area contributed by atoms with Crippen LogP contribution < -0.4 is 5.73 Å². The third-order valence-electron chi connectivity index (χ3n) is 4.63. The van der Waals surface area contributed by atoms with Gasteiger partial charge in [0, 0.05) is 0 Å². The normalized spacial score (nSPS) is 12.7. The van der Waals surface area contributed by atoms with Crippen molar-refractivity contribution in [2.24, 2.45) is 10.2 Å². The molecule has 4 rings (SSSR count). The fourth-order valence-corrected chi connectivity index (χ4v) is 5.21. The molecule has 4 N–H and O–H groups in total. The maximum absolute atomic E-state index is 11.4. The van der Waals surface area contributed by atoms with Gasteiger partial charge in [-0.1, -0.05) is 11.3 Å². The molecule has 2 heterocycles. The molecule has 0 bridgehead atoms. The van der Waals surface area contributed by atoms with Crippen molar-refractivity contribution in [1.82, 2.24) is 14.8 Å². The van der Waals surface area contributed by atoms with Crippen molar-refractivity contribution in [3.8, 4) is 5.69 Å². The third-order valence-corrected chi connectivity index (χ3v) is 7.39. The fraction of sp³-hybridized carbons (Fsp3) is 0.111. The van der Waals surface area contributed by atoms with Gasteiger partial charge in [-0.25, -0.2) is 9.67 Å². The minimum absolute atomic E-state index is 0.144. The Hall–Kier alpha value is -3.24. The lowest BCUT2D eigenvalue weighted by Gasteiger charge is -2.07. The number of aromatic nitrogens is 3. The van der Waals surface area contributed by atoms with E-state index < -0.39 is 20.2 Å². The molecule has 15 heteroatoms. The molecular formula is C18H16N6O6S3. The van der Waals surface area contributed by atoms with E-state index in [4.69, 9.17) is 5.73 Å². The van der Waals surface area contributed by atoms with Gasteiger partial charge in [-0.2, -0.15) is 21.9 Å². The quantitative estimate of drug-likeness (QED) is 0.267. The van der Waals surface area contributed by atoms with Crippen LogP contribution >= 0.6 is 11.3 Å². The summed E-state index contributed by atoms with van der Waals surface area (Å²) in [5.41, 5.74) is 8.15. The first-order valence-electron chi connectivity index (χ1n) is 9.08. The Morgan fingerprint density at radius 1 is 1.00 bits per heavy atom. The van der Waals surface area contributed by atoms with Crippen molar-refractivity contribution < 1.29 is 25.9 Å². The predicted molar refractivity (Wildman–Crippen MR) is 121 cm³/mol. The lowest BCUT2D eigenvalue weighted by atomic mass is 10.2. The summed E-state index contributed by atoms with van der Waals surface area (Å²) in [6.07, 6.45) is 0. The molecule has 172 valence electrons. The summed E-state index contributed by atoms with van der Waals surface area (Å²) >= 11 is 1.07. The molecule has 0 saturated carbocycles. The smallest absolute Gasteiger partial charge is 0.294 e. The topological polar surface area (TPSA) is 190 Å². The van der Waals surface area contributed by atoms with Gasteiger partial charge in [0.2, 0.25) is 5.13 Å². The summed E-state index contributed by atoms with van der Waals surface area (Å²) in [4.78, 5) is 3.78. The Morgan fingerprint density at radius 3 is 2.36 bits per heavy atom. The SMILES string of the molecule is Cc1cc(-n2nc(C)c(/N=N/c3nc4ccc(S(=O)(=O)O)cc4s3)c2N)ccc1S(=O)(=O)O. The maximum Gasteiger partial charge on any atom is 0.294 e. The van der Waals surface area contributed by atoms with Crippen molar-refractivity contribution in [3.05, 3.63) is 47.7 Å². The second-order valence-electron chi connectivity index (χ2n) is 6.96. The zero-order valence-corrected chi connectivity index (χ0v) is 19.5. The number of nitrogen functional groups attached to an aromatic ring is 1. The highest BCUT2D eigenvalue weighted by Gasteiger charge is 2.18. The van der Waals surface area contributed by atoms with E-state index in [1.165, 1.54) is 48.0 Å². The van der Waals surface area contributed by atoms with Crippen molar-refractivity contribution in [3.63, 3.8) is 0 Å². The van der Waals surface area contributed by atoms with E-state index in [2.05, 4.69) is 20.3 Å². The second kappa shape index (κ2) is 7.96. The van der Waals surface area contributed by atoms with Crippen LogP contribution in [0.3, 0.4) is 0 Å². The van der Waals surface area contributed by atoms with Gasteiger partial charge in [-0.15, -0.1) is 10.2 Å². The summed E-state index contributed by atoms with van der Waals surface area (Å²) in [7, 11) is -8.69. The van der Waals surface area contributed by atoms with Crippen LogP contribution in [0.4, 0.5) is 16.6 Å². The van der Waals surface area contributed by atoms with Crippen LogP contribution in [0.25, 0.3) is 15.9 Å². The molecule has 0 amide bonds. The van der Waals surface area contributed by atoms with Crippen molar-refractivity contribution in [2.45, 2.75) is 23.6 Å². The fourth-order valence-electron chi connectivity index (χ4n) is 3.10. The molecule has 33 heavy (non-hydrogen) atoms. The average molecular weight is 509 g/mol. The van der Waals surface area contributed by atoms with Crippen molar-refractivity contribution in [2.75, 3.05) is 5.73 Å². The number of benzene rings is 2. The van der Waals surface area contributed by atoms with Crippen molar-refractivity contribution >= 4 is 58.4 Å². The highest BCUT2D eigenvalue weighted by Crippen LogP contribution is 2.34. The van der Waals surface area contributed by atoms with Crippen molar-refractivity contribution in [1.29, 1.82) is 0 Å². The average Bonchev–Trinajstić information content (AvgIpc) is 3.24. The molecule has 0 unspecified atom stereocenters. The van der Waals surface area contributed by atoms with E-state index in [9.17, 15) is 25.9 Å². The van der Waals surface area contributed by atoms with Crippen LogP contribution in [-0.4, -0.2) is 40.7 Å². The van der Waals surface area contributed by atoms with Gasteiger partial charge in [-0.3, -0.25) is 9.11 Å². The minimum Gasteiger partial charge on any atom is -0.382 e. The summed E-state index contributed by atoms with van der Waals surface area (Å²) in [6.45, 7) is 3.19. The van der Waals surface area contributed by atoms with Crippen LogP contribution in [0.2, 0.25) is 0 Å². The lowest BCUT2D eigenvalue weighted by molar-refractivity contribution is 0.480. The highest BCUT2D eigenvalue weighted by molar-refractivity contribution is 7.86. The Balaban J connectivity index is 1.68. The van der Waals surface area contributed by atoms with Gasteiger partial charge in [0.05, 0.1) is 31.4 Å². The van der Waals surface area contributed by atoms with Crippen LogP contribution in [0, 0.1) is 13.8 Å². The molecule has 0 atom stereocenters. The summed E-state index contributed by atoms with van der Waals surface area (Å²) in [5.74, 6) is 0.144. The van der Waals surface area contributed by atoms with Gasteiger partial charge < -0.3 is 5.73 Å². The number of rotatable bonds is 5. The van der Waals surface area contributed by atoms with Crippen LogP contribution in [0.1, 0.15) is 11.3 Å². The molecule has 0 aliphatic carbocycles. The Kier molecular flexibility index (Phi) is 5.53. The van der Waals surface area contributed by atoms with Gasteiger partial charge in [0.15, 0.2) is 11.5 Å². The number of nitrogens with two attached hydrogens (primary N) is 1. The Bertz CT molecular complexity index is 1650. The van der Waals surface area contributed by atoms with Gasteiger partial charge in [0.1, 0.15) is 0 Å². The molecule has 2 aromatic carbocycles. The van der Waals surface area contributed by atoms with Crippen LogP contribution in [-0.2, 0) is 20.2 Å². The second-order valence-corrected chi connectivity index (χ2v) is 10.8. The molecule has 2 aromatic heterocycles. The summed E-state index contributed by atoms with van der Waals surface area (Å²) < 4.78 is 65.8. The molecule has 0 aliphatic rings. The van der Waals surface area contributed by atoms with Gasteiger partial charge >= 0.3 is 0 Å². The standard InChI is InChI=1S/C18H16N6O6S3/c1-9-7-11(3-6-15(9)33(28,29)30)24-17(19)16(10(2)23-24)21-22-18-20-13-5-4-12(32(25,26)27)8-14(13)31-18/h3-8H,19H2,1-2H3,(H,25,26,27)(H,28,29,30)/b22-21+. The summed E-state index contributed by atoms with van der Waals surface area (Å²) in [5, 5.41) is 12.8. The number of nitrogens with zero attached hydrogens (tertiary/aromatic N) is 5.